The fourth-order valence-corrected chi connectivity index (χ4v) is 21.6. The highest BCUT2D eigenvalue weighted by Crippen LogP contribution is 2.71. The van der Waals surface area contributed by atoms with E-state index < -0.39 is 77.6 Å². The second-order valence-electron chi connectivity index (χ2n) is 27.4. The lowest BCUT2D eigenvalue weighted by molar-refractivity contribution is -0.341. The highest BCUT2D eigenvalue weighted by atomic mass is 32.3. The number of rotatable bonds is 12. The zero-order valence-corrected chi connectivity index (χ0v) is 48.0. The van der Waals surface area contributed by atoms with Gasteiger partial charge in [-0.2, -0.15) is 0 Å². The van der Waals surface area contributed by atoms with Crippen molar-refractivity contribution in [2.24, 2.45) is 74.9 Å². The minimum atomic E-state index is -5.26. The van der Waals surface area contributed by atoms with Crippen LogP contribution in [0.25, 0.3) is 0 Å². The van der Waals surface area contributed by atoms with Crippen molar-refractivity contribution in [2.45, 2.75) is 219 Å². The minimum absolute atomic E-state index is 0.00951. The molecule has 12 rings (SSSR count). The molecule has 4 heterocycles. The molecule has 3 saturated carbocycles. The predicted molar refractivity (Wildman–Crippen MR) is 272 cm³/mol. The molecular weight excluding hydrogens is 1020 g/mol. The van der Waals surface area contributed by atoms with Crippen molar-refractivity contribution in [1.82, 2.24) is 0 Å². The monoisotopic (exact) mass is 1110 g/mol. The van der Waals surface area contributed by atoms with Gasteiger partial charge in [0.1, 0.15) is 12.2 Å². The molecule has 0 aromatic carbocycles. The van der Waals surface area contributed by atoms with Crippen molar-refractivity contribution in [2.75, 3.05) is 6.61 Å². The standard InChI is InChI=1S/C56H84O16S3/c1-30(37-14-16-40-35-12-13-39-32(3)49(71-75(64,65)66)46(70-74(61,62)63)28-53(39,9)42(35)19-21-51(37,40)7)11-18-47-54(10)27-34(50(5,6)72-54)25-44(68-47)31(2)38-15-17-41-36-26-45(69-73(58,59)60)48-33(4)56(57)24-23-55(48,29-67-56)43(36)20-22-52(38,41)8/h13,16,30-34,37-38,41,44-49,57H,11-12,14-15,17-29H2,1-10H3,(H,58,59,60)(H,61,62,63)(H,64,65,66)/p-3/t30-,31+,32-,33+,34+,37-,38-,41+,44+,45+,46+,47-,48-,49+,51-,52-,53+,54+,55+,56+/m1/s1. The molecule has 0 unspecified atom stereocenters. The quantitative estimate of drug-likeness (QED) is 0.109. The van der Waals surface area contributed by atoms with E-state index in [4.69, 9.17) is 26.8 Å². The van der Waals surface area contributed by atoms with E-state index in [1.54, 1.807) is 6.92 Å². The third-order valence-corrected chi connectivity index (χ3v) is 24.9. The molecule has 16 nitrogen and oxygen atoms in total. The van der Waals surface area contributed by atoms with Gasteiger partial charge >= 0.3 is 0 Å². The van der Waals surface area contributed by atoms with Crippen LogP contribution in [-0.4, -0.2) is 98.1 Å². The van der Waals surface area contributed by atoms with Crippen molar-refractivity contribution in [3.8, 4) is 0 Å². The molecule has 0 amide bonds. The molecule has 4 saturated heterocycles. The Bertz CT molecular complexity index is 2830. The van der Waals surface area contributed by atoms with Gasteiger partial charge in [-0.25, -0.2) is 25.3 Å². The third-order valence-electron chi connectivity index (χ3n) is 23.5. The van der Waals surface area contributed by atoms with Crippen LogP contribution in [0, 0.1) is 74.9 Å². The Morgan fingerprint density at radius 2 is 1.49 bits per heavy atom. The smallest absolute Gasteiger partial charge is 0.218 e. The van der Waals surface area contributed by atoms with E-state index in [2.05, 4.69) is 60.6 Å². The largest absolute Gasteiger partial charge is 0.726 e. The van der Waals surface area contributed by atoms with Gasteiger partial charge < -0.3 is 33.0 Å². The molecule has 1 N–H and O–H groups in total. The van der Waals surface area contributed by atoms with Crippen LogP contribution in [0.5, 0.6) is 0 Å². The van der Waals surface area contributed by atoms with E-state index >= 15 is 0 Å². The number of fused-ring (bicyclic) bond motifs is 10. The van der Waals surface area contributed by atoms with Crippen molar-refractivity contribution < 1.29 is 70.8 Å². The van der Waals surface area contributed by atoms with E-state index in [-0.39, 0.29) is 58.7 Å². The lowest BCUT2D eigenvalue weighted by Crippen LogP contribution is -2.67. The van der Waals surface area contributed by atoms with Gasteiger partial charge in [0.05, 0.1) is 36.1 Å². The zero-order valence-electron chi connectivity index (χ0n) is 45.6. The van der Waals surface area contributed by atoms with Crippen molar-refractivity contribution >= 4 is 31.2 Å². The topological polar surface area (TPSA) is 247 Å². The van der Waals surface area contributed by atoms with Gasteiger partial charge in [-0.1, -0.05) is 82.9 Å². The van der Waals surface area contributed by atoms with Crippen LogP contribution in [0.4, 0.5) is 0 Å². The second-order valence-corrected chi connectivity index (χ2v) is 30.4. The Morgan fingerprint density at radius 1 is 0.813 bits per heavy atom. The van der Waals surface area contributed by atoms with E-state index in [0.29, 0.717) is 56.0 Å². The van der Waals surface area contributed by atoms with Crippen LogP contribution in [0.3, 0.4) is 0 Å². The molecule has 0 aromatic heterocycles. The Kier molecular flexibility index (Phi) is 13.2. The van der Waals surface area contributed by atoms with Gasteiger partial charge in [-0.05, 0) is 175 Å². The average molecular weight is 1110 g/mol. The van der Waals surface area contributed by atoms with Gasteiger partial charge in [0, 0.05) is 35.0 Å². The summed E-state index contributed by atoms with van der Waals surface area (Å²) in [7, 11) is -15.5. The lowest BCUT2D eigenvalue weighted by Gasteiger charge is -2.65. The molecule has 8 aliphatic carbocycles. The average Bonchev–Trinajstić information content (AvgIpc) is 3.87. The van der Waals surface area contributed by atoms with E-state index in [1.165, 1.54) is 22.3 Å². The Morgan fingerprint density at radius 3 is 2.16 bits per heavy atom. The summed E-state index contributed by atoms with van der Waals surface area (Å²) in [6.45, 7) is 22.3. The first-order valence-electron chi connectivity index (χ1n) is 28.2. The number of aliphatic hydroxyl groups is 1. The summed E-state index contributed by atoms with van der Waals surface area (Å²) in [6.07, 6.45) is 12.7. The van der Waals surface area contributed by atoms with Crippen LogP contribution in [0.1, 0.15) is 172 Å². The van der Waals surface area contributed by atoms with Crippen molar-refractivity contribution in [3.63, 3.8) is 0 Å². The fourth-order valence-electron chi connectivity index (χ4n) is 20.1. The summed E-state index contributed by atoms with van der Waals surface area (Å²) in [5.74, 6) is -0.971. The van der Waals surface area contributed by atoms with Gasteiger partial charge in [0.2, 0.25) is 31.2 Å². The molecule has 1 spiro atoms. The zero-order chi connectivity index (χ0) is 54.2. The van der Waals surface area contributed by atoms with E-state index in [1.807, 2.05) is 13.8 Å². The number of hydrogen-bond donors (Lipinski definition) is 1. The van der Waals surface area contributed by atoms with Gasteiger partial charge in [-0.3, -0.25) is 12.5 Å². The molecule has 19 heteroatoms. The van der Waals surface area contributed by atoms with Crippen LogP contribution in [0.2, 0.25) is 0 Å². The molecule has 0 aromatic rings. The first-order chi connectivity index (χ1) is 34.7. The maximum absolute atomic E-state index is 12.3. The summed E-state index contributed by atoms with van der Waals surface area (Å²) in [5, 5.41) is 11.5. The summed E-state index contributed by atoms with van der Waals surface area (Å²) in [6, 6.07) is 0. The highest BCUT2D eigenvalue weighted by molar-refractivity contribution is 7.81. The molecule has 422 valence electrons. The lowest BCUT2D eigenvalue weighted by atomic mass is 9.46. The normalized spacial score (nSPS) is 47.9. The molecule has 75 heavy (non-hydrogen) atoms. The van der Waals surface area contributed by atoms with Crippen LogP contribution in [-0.2, 0) is 58.0 Å². The van der Waals surface area contributed by atoms with E-state index in [9.17, 15) is 44.0 Å². The van der Waals surface area contributed by atoms with Crippen LogP contribution >= 0.6 is 0 Å². The maximum atomic E-state index is 12.3. The molecular formula is C56H81O16S3-3. The summed E-state index contributed by atoms with van der Waals surface area (Å²) >= 11 is 0. The molecule has 7 fully saturated rings. The van der Waals surface area contributed by atoms with E-state index in [0.717, 1.165) is 81.8 Å². The first-order valence-corrected chi connectivity index (χ1v) is 32.2. The van der Waals surface area contributed by atoms with Crippen molar-refractivity contribution in [1.29, 1.82) is 0 Å². The predicted octanol–water partition coefficient (Wildman–Crippen LogP) is 9.00. The Hall–Kier alpha value is -1.59. The summed E-state index contributed by atoms with van der Waals surface area (Å²) < 4.78 is 145. The molecule has 12 aliphatic rings. The molecule has 4 aliphatic heterocycles. The van der Waals surface area contributed by atoms with Gasteiger partial charge in [0.25, 0.3) is 0 Å². The molecule has 0 radical (unpaired) electrons. The number of allylic oxidation sites excluding steroid dienone is 5. The summed E-state index contributed by atoms with van der Waals surface area (Å²) in [4.78, 5) is 0. The van der Waals surface area contributed by atoms with Crippen LogP contribution < -0.4 is 0 Å². The van der Waals surface area contributed by atoms with Gasteiger partial charge in [-0.15, -0.1) is 0 Å². The Balaban J connectivity index is 0.810. The number of hydrogen-bond acceptors (Lipinski definition) is 16. The highest BCUT2D eigenvalue weighted by Gasteiger charge is 2.68. The maximum Gasteiger partial charge on any atom is 0.218 e. The van der Waals surface area contributed by atoms with Crippen molar-refractivity contribution in [3.05, 3.63) is 45.6 Å². The summed E-state index contributed by atoms with van der Waals surface area (Å²) in [5.41, 5.74) is 4.98. The van der Waals surface area contributed by atoms with Crippen LogP contribution in [0.15, 0.2) is 45.6 Å². The number of ether oxygens (including phenoxy) is 3. The second kappa shape index (κ2) is 18.0. The Labute approximate surface area is 446 Å². The first kappa shape index (κ1) is 55.3. The molecule has 20 atom stereocenters. The van der Waals surface area contributed by atoms with Gasteiger partial charge in [0.15, 0.2) is 5.79 Å². The SMILES string of the molecule is C[C@H]([C@@H]1C[C@H]2C[C@](C)(OC2(C)C)[C@@H](CC[C@@H](C)[C@H]2CC=C3C4=C(CC[C@@]32C)[C@@]2(C)C[C@H](OS(=O)(=O)[O-])[C@@H](OS(=O)(=O)[O-])[C@H](C)C2=CC4)O1)[C@H]1CC[C@H]2C3=C(CC[C@]12C)[C@]12CC[C@](O)(OC1)[C@@H](C)[C@@H]2[C@@H](OS(=O)(=O)[O-])C3. The third kappa shape index (κ3) is 8.85. The minimum Gasteiger partial charge on any atom is -0.726 e. The fraction of sp³-hybridized carbons (Fsp3) is 0.857. The molecule has 4 bridgehead atoms.